The average Bonchev–Trinajstić information content (AvgIpc) is 2.53. The first-order valence-corrected chi connectivity index (χ1v) is 8.52. The van der Waals surface area contributed by atoms with Crippen LogP contribution in [0, 0.1) is 17.8 Å². The Morgan fingerprint density at radius 1 is 1.21 bits per heavy atom. The zero-order valence-electron chi connectivity index (χ0n) is 14.5. The third kappa shape index (κ3) is 4.98. The zero-order valence-corrected chi connectivity index (χ0v) is 14.5. The van der Waals surface area contributed by atoms with Crippen molar-refractivity contribution in [1.82, 2.24) is 0 Å². The molecule has 0 radical (unpaired) electrons. The highest BCUT2D eigenvalue weighted by Crippen LogP contribution is 2.35. The van der Waals surface area contributed by atoms with Crippen LogP contribution in [0.2, 0.25) is 0 Å². The van der Waals surface area contributed by atoms with Crippen LogP contribution < -0.4 is 0 Å². The minimum absolute atomic E-state index is 0.0668. The van der Waals surface area contributed by atoms with Crippen molar-refractivity contribution in [2.45, 2.75) is 46.1 Å². The van der Waals surface area contributed by atoms with E-state index in [1.807, 2.05) is 0 Å². The Kier molecular flexibility index (Phi) is 6.23. The molecule has 1 aliphatic carbocycles. The number of hydrogen-bond donors (Lipinski definition) is 1. The van der Waals surface area contributed by atoms with Crippen LogP contribution >= 0.6 is 0 Å². The number of aromatic hydroxyl groups is 1. The van der Waals surface area contributed by atoms with E-state index in [0.717, 1.165) is 19.3 Å². The number of carbonyl (C=O) groups is 2. The fraction of sp³-hybridized carbons (Fsp3) is 0.579. The number of ether oxygens (including phenoxy) is 2. The second-order valence-corrected chi connectivity index (χ2v) is 6.98. The third-order valence-electron chi connectivity index (χ3n) is 4.67. The van der Waals surface area contributed by atoms with Crippen LogP contribution in [0.4, 0.5) is 0 Å². The maximum Gasteiger partial charge on any atom is 0.344 e. The van der Waals surface area contributed by atoms with Crippen molar-refractivity contribution in [3.8, 4) is 5.75 Å². The fourth-order valence-corrected chi connectivity index (χ4v) is 3.26. The minimum atomic E-state index is -0.607. The molecule has 1 aliphatic rings. The molecule has 0 amide bonds. The van der Waals surface area contributed by atoms with E-state index in [2.05, 4.69) is 20.8 Å². The van der Waals surface area contributed by atoms with E-state index in [9.17, 15) is 14.7 Å². The van der Waals surface area contributed by atoms with Gasteiger partial charge in [0.15, 0.2) is 6.61 Å². The molecule has 0 bridgehead atoms. The van der Waals surface area contributed by atoms with Crippen molar-refractivity contribution in [2.75, 3.05) is 6.61 Å². The molecule has 5 heteroatoms. The number of esters is 2. The van der Waals surface area contributed by atoms with Gasteiger partial charge in [0.1, 0.15) is 11.9 Å². The summed E-state index contributed by atoms with van der Waals surface area (Å²) >= 11 is 0. The molecule has 1 saturated carbocycles. The molecular formula is C19H26O5. The van der Waals surface area contributed by atoms with Gasteiger partial charge in [0.25, 0.3) is 0 Å². The standard InChI is InChI=1S/C19H26O5/c1-12(2)16-9-4-13(3)10-17(16)24-18(21)11-23-19(22)14-5-7-15(20)8-6-14/h5-8,12-13,16-17,20H,4,9-11H2,1-3H3. The fourth-order valence-electron chi connectivity index (χ4n) is 3.26. The predicted molar refractivity (Wildman–Crippen MR) is 89.6 cm³/mol. The first-order valence-electron chi connectivity index (χ1n) is 8.52. The van der Waals surface area contributed by atoms with Crippen LogP contribution in [0.3, 0.4) is 0 Å². The summed E-state index contributed by atoms with van der Waals surface area (Å²) in [7, 11) is 0. The molecule has 0 aliphatic heterocycles. The molecule has 3 atom stereocenters. The number of phenols is 1. The lowest BCUT2D eigenvalue weighted by atomic mass is 9.75. The summed E-state index contributed by atoms with van der Waals surface area (Å²) in [6.45, 7) is 6.07. The molecular weight excluding hydrogens is 308 g/mol. The van der Waals surface area contributed by atoms with E-state index in [0.29, 0.717) is 17.8 Å². The highest BCUT2D eigenvalue weighted by molar-refractivity contribution is 5.90. The smallest absolute Gasteiger partial charge is 0.344 e. The van der Waals surface area contributed by atoms with Gasteiger partial charge in [0.2, 0.25) is 0 Å². The third-order valence-corrected chi connectivity index (χ3v) is 4.67. The molecule has 2 rings (SSSR count). The molecule has 0 heterocycles. The lowest BCUT2D eigenvalue weighted by Gasteiger charge is -2.36. The van der Waals surface area contributed by atoms with E-state index < -0.39 is 18.5 Å². The van der Waals surface area contributed by atoms with Crippen molar-refractivity contribution in [1.29, 1.82) is 0 Å². The molecule has 1 N–H and O–H groups in total. The molecule has 0 spiro atoms. The first-order chi connectivity index (χ1) is 11.4. The Balaban J connectivity index is 1.85. The summed E-state index contributed by atoms with van der Waals surface area (Å²) < 4.78 is 10.6. The van der Waals surface area contributed by atoms with Crippen molar-refractivity contribution in [2.24, 2.45) is 17.8 Å². The first kappa shape index (κ1) is 18.3. The summed E-state index contributed by atoms with van der Waals surface area (Å²) in [5, 5.41) is 9.20. The monoisotopic (exact) mass is 334 g/mol. The molecule has 0 aromatic heterocycles. The van der Waals surface area contributed by atoms with Crippen molar-refractivity contribution in [3.63, 3.8) is 0 Å². The number of hydrogen-bond acceptors (Lipinski definition) is 5. The van der Waals surface area contributed by atoms with Gasteiger partial charge in [0.05, 0.1) is 5.56 Å². The highest BCUT2D eigenvalue weighted by Gasteiger charge is 2.33. The Bertz CT molecular complexity index is 564. The van der Waals surface area contributed by atoms with E-state index in [1.54, 1.807) is 0 Å². The van der Waals surface area contributed by atoms with Crippen LogP contribution in [-0.4, -0.2) is 29.8 Å². The summed E-state index contributed by atoms with van der Waals surface area (Å²) in [5.74, 6) is 0.304. The van der Waals surface area contributed by atoms with Crippen LogP contribution in [0.25, 0.3) is 0 Å². The minimum Gasteiger partial charge on any atom is -0.508 e. The Hall–Kier alpha value is -2.04. The molecule has 0 saturated heterocycles. The van der Waals surface area contributed by atoms with E-state index in [4.69, 9.17) is 9.47 Å². The lowest BCUT2D eigenvalue weighted by Crippen LogP contribution is -2.36. The summed E-state index contributed by atoms with van der Waals surface area (Å²) in [6.07, 6.45) is 2.98. The maximum atomic E-state index is 12.0. The number of benzene rings is 1. The molecule has 1 aromatic rings. The van der Waals surface area contributed by atoms with E-state index in [1.165, 1.54) is 24.3 Å². The highest BCUT2D eigenvalue weighted by atomic mass is 16.6. The number of phenolic OH excluding ortho intramolecular Hbond substituents is 1. The normalized spacial score (nSPS) is 23.8. The van der Waals surface area contributed by atoms with Crippen LogP contribution in [0.5, 0.6) is 5.75 Å². The Labute approximate surface area is 143 Å². The van der Waals surface area contributed by atoms with Crippen LogP contribution in [0.15, 0.2) is 24.3 Å². The second kappa shape index (κ2) is 8.18. The molecule has 132 valence electrons. The van der Waals surface area contributed by atoms with Gasteiger partial charge in [0, 0.05) is 0 Å². The van der Waals surface area contributed by atoms with Gasteiger partial charge in [-0.2, -0.15) is 0 Å². The van der Waals surface area contributed by atoms with Gasteiger partial charge in [-0.25, -0.2) is 9.59 Å². The van der Waals surface area contributed by atoms with Crippen molar-refractivity contribution in [3.05, 3.63) is 29.8 Å². The van der Waals surface area contributed by atoms with E-state index in [-0.39, 0.29) is 17.4 Å². The molecule has 3 unspecified atom stereocenters. The average molecular weight is 334 g/mol. The SMILES string of the molecule is CC1CCC(C(C)C)C(OC(=O)COC(=O)c2ccc(O)cc2)C1. The molecule has 24 heavy (non-hydrogen) atoms. The lowest BCUT2D eigenvalue weighted by molar-refractivity contribution is -0.159. The van der Waals surface area contributed by atoms with Crippen molar-refractivity contribution < 1.29 is 24.2 Å². The zero-order chi connectivity index (χ0) is 17.7. The molecule has 1 aromatic carbocycles. The Morgan fingerprint density at radius 3 is 2.50 bits per heavy atom. The van der Waals surface area contributed by atoms with Gasteiger partial charge >= 0.3 is 11.9 Å². The summed E-state index contributed by atoms with van der Waals surface area (Å²) in [6, 6.07) is 5.68. The van der Waals surface area contributed by atoms with Crippen LogP contribution in [-0.2, 0) is 14.3 Å². The van der Waals surface area contributed by atoms with Crippen molar-refractivity contribution >= 4 is 11.9 Å². The molecule has 1 fully saturated rings. The number of carbonyl (C=O) groups excluding carboxylic acids is 2. The quantitative estimate of drug-likeness (QED) is 0.834. The summed E-state index contributed by atoms with van der Waals surface area (Å²) in [5.41, 5.74) is 0.284. The largest absolute Gasteiger partial charge is 0.508 e. The van der Waals surface area contributed by atoms with Crippen LogP contribution in [0.1, 0.15) is 50.4 Å². The Morgan fingerprint density at radius 2 is 1.88 bits per heavy atom. The van der Waals surface area contributed by atoms with Gasteiger partial charge < -0.3 is 14.6 Å². The topological polar surface area (TPSA) is 72.8 Å². The summed E-state index contributed by atoms with van der Waals surface area (Å²) in [4.78, 5) is 23.9. The molecule has 5 nitrogen and oxygen atoms in total. The van der Waals surface area contributed by atoms with Gasteiger partial charge in [-0.15, -0.1) is 0 Å². The van der Waals surface area contributed by atoms with E-state index >= 15 is 0 Å². The van der Waals surface area contributed by atoms with Gasteiger partial charge in [-0.05, 0) is 54.9 Å². The van der Waals surface area contributed by atoms with Gasteiger partial charge in [-0.1, -0.05) is 27.2 Å². The second-order valence-electron chi connectivity index (χ2n) is 6.98. The maximum absolute atomic E-state index is 12.0. The predicted octanol–water partition coefficient (Wildman–Crippen LogP) is 3.55. The number of rotatable bonds is 5. The van der Waals surface area contributed by atoms with Gasteiger partial charge in [-0.3, -0.25) is 0 Å².